The second-order valence-electron chi connectivity index (χ2n) is 7.69. The molecule has 1 aromatic carbocycles. The van der Waals surface area contributed by atoms with Crippen LogP contribution < -0.4 is 22.6 Å². The third-order valence-electron chi connectivity index (χ3n) is 5.44. The summed E-state index contributed by atoms with van der Waals surface area (Å²) in [5, 5.41) is 22.6. The Morgan fingerprint density at radius 1 is 1.39 bits per heavy atom. The average molecular weight is 439 g/mol. The van der Waals surface area contributed by atoms with Crippen molar-refractivity contribution in [2.45, 2.75) is 19.3 Å². The second kappa shape index (κ2) is 8.88. The highest BCUT2D eigenvalue weighted by atomic mass is 32.1. The highest BCUT2D eigenvalue weighted by Gasteiger charge is 2.26. The summed E-state index contributed by atoms with van der Waals surface area (Å²) in [6, 6.07) is 5.50. The van der Waals surface area contributed by atoms with Crippen LogP contribution in [-0.4, -0.2) is 39.4 Å². The third kappa shape index (κ3) is 4.46. The maximum Gasteiger partial charge on any atom is 0.142 e. The Morgan fingerprint density at radius 2 is 2.23 bits per heavy atom. The molecule has 1 aliphatic rings. The van der Waals surface area contributed by atoms with Gasteiger partial charge >= 0.3 is 0 Å². The first-order valence-corrected chi connectivity index (χ1v) is 10.8. The third-order valence-corrected chi connectivity index (χ3v) is 6.60. The Kier molecular flexibility index (Phi) is 6.03. The molecule has 3 aromatic rings. The minimum absolute atomic E-state index is 0.206. The van der Waals surface area contributed by atoms with Gasteiger partial charge in [0.1, 0.15) is 17.0 Å². The lowest BCUT2D eigenvalue weighted by atomic mass is 9.87. The molecule has 0 saturated carbocycles. The molecule has 0 spiro atoms. The number of fused-ring (bicyclic) bond motifs is 3. The van der Waals surface area contributed by atoms with Crippen LogP contribution >= 0.6 is 11.3 Å². The molecule has 0 saturated heterocycles. The van der Waals surface area contributed by atoms with Gasteiger partial charge in [-0.05, 0) is 48.9 Å². The topological polar surface area (TPSA) is 163 Å². The van der Waals surface area contributed by atoms with Gasteiger partial charge in [-0.1, -0.05) is 0 Å². The summed E-state index contributed by atoms with van der Waals surface area (Å²) in [5.74, 6) is 7.19. The normalized spacial score (nSPS) is 16.2. The summed E-state index contributed by atoms with van der Waals surface area (Å²) < 4.78 is 0. The van der Waals surface area contributed by atoms with Crippen LogP contribution in [0.1, 0.15) is 22.4 Å². The minimum atomic E-state index is -0.206. The van der Waals surface area contributed by atoms with Crippen LogP contribution in [0.4, 0.5) is 17.2 Å². The van der Waals surface area contributed by atoms with E-state index in [4.69, 9.17) is 27.8 Å². The molecule has 2 heterocycles. The molecular weight excluding hydrogens is 412 g/mol. The van der Waals surface area contributed by atoms with E-state index in [1.165, 1.54) is 16.7 Å². The molecule has 31 heavy (non-hydrogen) atoms. The summed E-state index contributed by atoms with van der Waals surface area (Å²) in [5.41, 5.74) is 15.3. The summed E-state index contributed by atoms with van der Waals surface area (Å²) in [6.07, 6.45) is 7.23. The van der Waals surface area contributed by atoms with Gasteiger partial charge in [-0.15, -0.1) is 11.3 Å². The Balaban J connectivity index is 1.58. The number of nitrogen functional groups attached to an aromatic ring is 1. The van der Waals surface area contributed by atoms with Gasteiger partial charge in [0.15, 0.2) is 0 Å². The lowest BCUT2D eigenvalue weighted by Crippen LogP contribution is -2.34. The van der Waals surface area contributed by atoms with Crippen LogP contribution in [0.15, 0.2) is 36.4 Å². The van der Waals surface area contributed by atoms with E-state index in [0.717, 1.165) is 41.0 Å². The molecule has 1 aliphatic carbocycles. The zero-order valence-corrected chi connectivity index (χ0v) is 17.8. The number of hydrazine groups is 1. The SMILES string of the molecule is N=Cc1cc(Nc2ncnc3sc4c(c23)CCC(CN(N)/C=C(\N)CO)C4)ccc1N. The van der Waals surface area contributed by atoms with Crippen LogP contribution in [0, 0.1) is 11.3 Å². The van der Waals surface area contributed by atoms with Crippen molar-refractivity contribution in [1.82, 2.24) is 15.0 Å². The van der Waals surface area contributed by atoms with Crippen molar-refractivity contribution in [3.05, 3.63) is 52.4 Å². The fourth-order valence-corrected chi connectivity index (χ4v) is 5.25. The highest BCUT2D eigenvalue weighted by molar-refractivity contribution is 7.19. The predicted octanol–water partition coefficient (Wildman–Crippen LogP) is 2.09. The Bertz CT molecular complexity index is 1140. The number of nitrogens with one attached hydrogen (secondary N) is 2. The quantitative estimate of drug-likeness (QED) is 0.141. The number of aromatic nitrogens is 2. The fourth-order valence-electron chi connectivity index (χ4n) is 3.95. The minimum Gasteiger partial charge on any atom is -0.399 e. The van der Waals surface area contributed by atoms with E-state index in [1.54, 1.807) is 34.9 Å². The van der Waals surface area contributed by atoms with E-state index in [-0.39, 0.29) is 6.61 Å². The maximum atomic E-state index is 9.06. The molecule has 9 nitrogen and oxygen atoms in total. The number of thiophene rings is 1. The molecule has 0 fully saturated rings. The lowest BCUT2D eigenvalue weighted by molar-refractivity contribution is 0.285. The first kappa shape index (κ1) is 21.0. The van der Waals surface area contributed by atoms with Crippen molar-refractivity contribution in [1.29, 1.82) is 5.41 Å². The molecule has 162 valence electrons. The number of anilines is 3. The molecular formula is C21H26N8OS. The van der Waals surface area contributed by atoms with Gasteiger partial charge in [-0.2, -0.15) is 0 Å². The van der Waals surface area contributed by atoms with Gasteiger partial charge in [0.2, 0.25) is 0 Å². The van der Waals surface area contributed by atoms with Crippen LogP contribution in [0.2, 0.25) is 0 Å². The van der Waals surface area contributed by atoms with Gasteiger partial charge < -0.3 is 32.3 Å². The number of nitrogens with two attached hydrogens (primary N) is 3. The number of aliphatic hydroxyl groups is 1. The van der Waals surface area contributed by atoms with Crippen molar-refractivity contribution in [2.24, 2.45) is 17.5 Å². The monoisotopic (exact) mass is 438 g/mol. The van der Waals surface area contributed by atoms with E-state index in [2.05, 4.69) is 15.3 Å². The molecule has 4 rings (SSSR count). The van der Waals surface area contributed by atoms with E-state index in [0.29, 0.717) is 29.4 Å². The number of rotatable bonds is 7. The van der Waals surface area contributed by atoms with Gasteiger partial charge in [0.05, 0.1) is 17.7 Å². The predicted molar refractivity (Wildman–Crippen MR) is 125 cm³/mol. The smallest absolute Gasteiger partial charge is 0.142 e. The molecule has 0 bridgehead atoms. The van der Waals surface area contributed by atoms with Gasteiger partial charge in [-0.25, -0.2) is 15.8 Å². The molecule has 0 aliphatic heterocycles. The average Bonchev–Trinajstić information content (AvgIpc) is 3.13. The van der Waals surface area contributed by atoms with Crippen molar-refractivity contribution in [3.63, 3.8) is 0 Å². The van der Waals surface area contributed by atoms with Crippen LogP contribution in [0.5, 0.6) is 0 Å². The van der Waals surface area contributed by atoms with Crippen molar-refractivity contribution < 1.29 is 5.11 Å². The van der Waals surface area contributed by atoms with E-state index in [1.807, 2.05) is 12.1 Å². The maximum absolute atomic E-state index is 9.06. The van der Waals surface area contributed by atoms with Gasteiger partial charge in [-0.3, -0.25) is 0 Å². The lowest BCUT2D eigenvalue weighted by Gasteiger charge is -2.26. The first-order valence-electron chi connectivity index (χ1n) is 9.99. The summed E-state index contributed by atoms with van der Waals surface area (Å²) in [6.45, 7) is 0.464. The molecule has 1 unspecified atom stereocenters. The number of hydrogen-bond acceptors (Lipinski definition) is 10. The van der Waals surface area contributed by atoms with E-state index >= 15 is 0 Å². The summed E-state index contributed by atoms with van der Waals surface area (Å²) in [4.78, 5) is 11.3. The number of aliphatic hydroxyl groups excluding tert-OH is 1. The highest BCUT2D eigenvalue weighted by Crippen LogP contribution is 2.40. The van der Waals surface area contributed by atoms with Crippen molar-refractivity contribution in [3.8, 4) is 0 Å². The Hall–Kier alpha value is -3.21. The largest absolute Gasteiger partial charge is 0.399 e. The summed E-state index contributed by atoms with van der Waals surface area (Å²) in [7, 11) is 0. The molecule has 1 atom stereocenters. The molecule has 10 heteroatoms. The summed E-state index contributed by atoms with van der Waals surface area (Å²) >= 11 is 1.70. The zero-order chi connectivity index (χ0) is 22.0. The number of nitrogens with zero attached hydrogens (tertiary/aromatic N) is 3. The van der Waals surface area contributed by atoms with Crippen LogP contribution in [-0.2, 0) is 12.8 Å². The zero-order valence-electron chi connectivity index (χ0n) is 17.0. The molecule has 2 aromatic heterocycles. The first-order chi connectivity index (χ1) is 15.0. The molecule has 0 radical (unpaired) electrons. The van der Waals surface area contributed by atoms with Gasteiger partial charge in [0.25, 0.3) is 0 Å². The van der Waals surface area contributed by atoms with Gasteiger partial charge in [0, 0.05) is 40.8 Å². The fraction of sp³-hybridized carbons (Fsp3) is 0.286. The van der Waals surface area contributed by atoms with E-state index in [9.17, 15) is 0 Å². The van der Waals surface area contributed by atoms with Crippen LogP contribution in [0.25, 0.3) is 10.2 Å². The number of hydrogen-bond donors (Lipinski definition) is 6. The molecule has 9 N–H and O–H groups in total. The second-order valence-corrected chi connectivity index (χ2v) is 8.77. The van der Waals surface area contributed by atoms with Crippen LogP contribution in [0.3, 0.4) is 0 Å². The van der Waals surface area contributed by atoms with Crippen molar-refractivity contribution in [2.75, 3.05) is 24.2 Å². The Morgan fingerprint density at radius 3 is 3.00 bits per heavy atom. The number of benzene rings is 1. The van der Waals surface area contributed by atoms with E-state index < -0.39 is 0 Å². The Labute approximate surface area is 184 Å². The standard InChI is InChI=1S/C21H26N8OS/c22-7-13-6-15(2-4-17(13)24)28-20-19-16-3-1-12(8-29(25)9-14(23)10-30)5-18(16)31-21(19)27-11-26-20/h2,4,6-7,9,11-12,22,30H,1,3,5,8,10,23-25H2,(H,26,27,28)/b14-9-,22-7?. The number of aryl methyl sites for hydroxylation is 1. The van der Waals surface area contributed by atoms with Crippen molar-refractivity contribution >= 4 is 45.0 Å². The molecule has 0 amide bonds.